The Kier molecular flexibility index (Phi) is 3.65. The fourth-order valence-electron chi connectivity index (χ4n) is 0.218. The fraction of sp³-hybridized carbons (Fsp3) is 0.333. The molecule has 0 unspecified atom stereocenters. The van der Waals surface area contributed by atoms with Gasteiger partial charge in [-0.3, -0.25) is 10.2 Å². The van der Waals surface area contributed by atoms with Gasteiger partial charge in [-0.1, -0.05) is 0 Å². The monoisotopic (exact) mass is 148 g/mol. The highest BCUT2D eigenvalue weighted by Gasteiger charge is 1.94. The number of rotatable bonds is 2. The van der Waals surface area contributed by atoms with Gasteiger partial charge >= 0.3 is 0 Å². The average Bonchev–Trinajstić information content (AvgIpc) is 1.83. The van der Waals surface area contributed by atoms with Crippen LogP contribution >= 0.6 is 12.2 Å². The molecular formula is C3H8N4OS. The Morgan fingerprint density at radius 3 is 2.56 bits per heavy atom. The summed E-state index contributed by atoms with van der Waals surface area (Å²) in [5, 5.41) is 2.50. The van der Waals surface area contributed by atoms with E-state index in [-0.39, 0.29) is 17.6 Å². The highest BCUT2D eigenvalue weighted by Crippen LogP contribution is 1.58. The van der Waals surface area contributed by atoms with Crippen LogP contribution in [0.1, 0.15) is 0 Å². The number of carbonyl (C=O) groups is 1. The van der Waals surface area contributed by atoms with Gasteiger partial charge in [-0.25, -0.2) is 5.84 Å². The fourth-order valence-corrected chi connectivity index (χ4v) is 0.291. The SMILES string of the molecule is NNC(=O)CNC(N)=S. The van der Waals surface area contributed by atoms with Crippen LogP contribution in [0.3, 0.4) is 0 Å². The quantitative estimate of drug-likeness (QED) is 0.154. The van der Waals surface area contributed by atoms with E-state index in [0.717, 1.165) is 0 Å². The summed E-state index contributed by atoms with van der Waals surface area (Å²) in [7, 11) is 0. The third kappa shape index (κ3) is 4.98. The highest BCUT2D eigenvalue weighted by atomic mass is 32.1. The molecule has 0 rings (SSSR count). The normalized spacial score (nSPS) is 8.11. The van der Waals surface area contributed by atoms with Crippen LogP contribution in [0.5, 0.6) is 0 Å². The van der Waals surface area contributed by atoms with Gasteiger partial charge in [0.25, 0.3) is 5.91 Å². The zero-order valence-electron chi connectivity index (χ0n) is 4.68. The maximum atomic E-state index is 10.3. The van der Waals surface area contributed by atoms with Gasteiger partial charge < -0.3 is 11.1 Å². The molecule has 0 aromatic rings. The van der Waals surface area contributed by atoms with E-state index in [1.54, 1.807) is 0 Å². The van der Waals surface area contributed by atoms with Gasteiger partial charge in [-0.05, 0) is 12.2 Å². The molecule has 1 amide bonds. The third-order valence-electron chi connectivity index (χ3n) is 0.584. The van der Waals surface area contributed by atoms with Crippen molar-refractivity contribution in [3.05, 3.63) is 0 Å². The molecule has 9 heavy (non-hydrogen) atoms. The molecular weight excluding hydrogens is 140 g/mol. The van der Waals surface area contributed by atoms with Crippen LogP contribution in [-0.2, 0) is 4.79 Å². The molecule has 0 aliphatic heterocycles. The predicted octanol–water partition coefficient (Wildman–Crippen LogP) is -2.19. The van der Waals surface area contributed by atoms with Gasteiger partial charge in [-0.15, -0.1) is 0 Å². The van der Waals surface area contributed by atoms with Crippen LogP contribution in [0.4, 0.5) is 0 Å². The number of thiocarbonyl (C=S) groups is 1. The molecule has 52 valence electrons. The van der Waals surface area contributed by atoms with Crippen molar-refractivity contribution >= 4 is 23.2 Å². The summed E-state index contributed by atoms with van der Waals surface area (Å²) in [6, 6.07) is 0. The average molecular weight is 148 g/mol. The summed E-state index contributed by atoms with van der Waals surface area (Å²) in [6.45, 7) is 0.0197. The second kappa shape index (κ2) is 4.04. The second-order valence-electron chi connectivity index (χ2n) is 1.29. The van der Waals surface area contributed by atoms with E-state index in [4.69, 9.17) is 11.6 Å². The van der Waals surface area contributed by atoms with Crippen molar-refractivity contribution in [2.24, 2.45) is 11.6 Å². The van der Waals surface area contributed by atoms with Gasteiger partial charge in [0, 0.05) is 0 Å². The molecule has 0 spiro atoms. The molecule has 0 aliphatic carbocycles. The van der Waals surface area contributed by atoms with Crippen LogP contribution in [-0.4, -0.2) is 17.6 Å². The maximum absolute atomic E-state index is 10.3. The maximum Gasteiger partial charge on any atom is 0.253 e. The lowest BCUT2D eigenvalue weighted by atomic mass is 10.6. The summed E-state index contributed by atoms with van der Waals surface area (Å²) in [4.78, 5) is 10.3. The molecule has 5 nitrogen and oxygen atoms in total. The Bertz CT molecular complexity index is 125. The summed E-state index contributed by atoms with van der Waals surface area (Å²) in [6.07, 6.45) is 0. The number of carbonyl (C=O) groups excluding carboxylic acids is 1. The first kappa shape index (κ1) is 8.12. The van der Waals surface area contributed by atoms with Gasteiger partial charge in [0.05, 0.1) is 6.54 Å². The molecule has 6 N–H and O–H groups in total. The summed E-state index contributed by atoms with van der Waals surface area (Å²) in [5.74, 6) is 4.38. The number of nitrogens with two attached hydrogens (primary N) is 2. The molecule has 0 bridgehead atoms. The largest absolute Gasteiger partial charge is 0.376 e. The molecule has 0 radical (unpaired) electrons. The standard InChI is InChI=1S/C3H8N4OS/c4-3(9)6-1-2(8)7-5/h1,5H2,(H,7,8)(H3,4,6,9). The van der Waals surface area contributed by atoms with Crippen molar-refractivity contribution in [3.63, 3.8) is 0 Å². The molecule has 0 fully saturated rings. The van der Waals surface area contributed by atoms with Crippen LogP contribution in [0.15, 0.2) is 0 Å². The van der Waals surface area contributed by atoms with Crippen molar-refractivity contribution in [3.8, 4) is 0 Å². The van der Waals surface area contributed by atoms with E-state index in [9.17, 15) is 4.79 Å². The number of nitrogens with one attached hydrogen (secondary N) is 2. The molecule has 0 aromatic heterocycles. The highest BCUT2D eigenvalue weighted by molar-refractivity contribution is 7.80. The first-order valence-electron chi connectivity index (χ1n) is 2.19. The van der Waals surface area contributed by atoms with Crippen molar-refractivity contribution in [2.75, 3.05) is 6.54 Å². The van der Waals surface area contributed by atoms with Crippen LogP contribution in [0, 0.1) is 0 Å². The second-order valence-corrected chi connectivity index (χ2v) is 1.73. The van der Waals surface area contributed by atoms with Crippen LogP contribution in [0.2, 0.25) is 0 Å². The topological polar surface area (TPSA) is 93.2 Å². The van der Waals surface area contributed by atoms with E-state index in [1.165, 1.54) is 0 Å². The van der Waals surface area contributed by atoms with Crippen LogP contribution < -0.4 is 22.3 Å². The van der Waals surface area contributed by atoms with Crippen molar-refractivity contribution in [1.29, 1.82) is 0 Å². The zero-order valence-corrected chi connectivity index (χ0v) is 5.49. The molecule has 0 aliphatic rings. The molecule has 0 saturated heterocycles. The third-order valence-corrected chi connectivity index (χ3v) is 0.729. The first-order chi connectivity index (χ1) is 4.16. The Morgan fingerprint density at radius 2 is 2.22 bits per heavy atom. The Balaban J connectivity index is 3.28. The Labute approximate surface area is 57.7 Å². The molecule has 0 aromatic carbocycles. The lowest BCUT2D eigenvalue weighted by molar-refractivity contribution is -0.120. The van der Waals surface area contributed by atoms with E-state index < -0.39 is 0 Å². The van der Waals surface area contributed by atoms with Gasteiger partial charge in [0.1, 0.15) is 0 Å². The summed E-state index contributed by atoms with van der Waals surface area (Å²) < 4.78 is 0. The summed E-state index contributed by atoms with van der Waals surface area (Å²) in [5.41, 5.74) is 6.90. The van der Waals surface area contributed by atoms with E-state index in [1.807, 2.05) is 5.43 Å². The van der Waals surface area contributed by atoms with E-state index >= 15 is 0 Å². The first-order valence-corrected chi connectivity index (χ1v) is 2.60. The zero-order chi connectivity index (χ0) is 7.28. The van der Waals surface area contributed by atoms with Crippen molar-refractivity contribution < 1.29 is 4.79 Å². The van der Waals surface area contributed by atoms with Gasteiger partial charge in [0.2, 0.25) is 0 Å². The lowest BCUT2D eigenvalue weighted by Crippen LogP contribution is -2.41. The Morgan fingerprint density at radius 1 is 1.67 bits per heavy atom. The van der Waals surface area contributed by atoms with Crippen molar-refractivity contribution in [1.82, 2.24) is 10.7 Å². The number of hydrazine groups is 1. The number of hydrogen-bond acceptors (Lipinski definition) is 3. The predicted molar refractivity (Wildman–Crippen MR) is 37.1 cm³/mol. The molecule has 6 heteroatoms. The van der Waals surface area contributed by atoms with Crippen LogP contribution in [0.25, 0.3) is 0 Å². The lowest BCUT2D eigenvalue weighted by Gasteiger charge is -1.99. The summed E-state index contributed by atoms with van der Waals surface area (Å²) >= 11 is 4.41. The Hall–Kier alpha value is -0.880. The molecule has 0 saturated carbocycles. The molecule has 0 atom stereocenters. The van der Waals surface area contributed by atoms with E-state index in [0.29, 0.717) is 0 Å². The van der Waals surface area contributed by atoms with Gasteiger partial charge in [-0.2, -0.15) is 0 Å². The smallest absolute Gasteiger partial charge is 0.253 e. The minimum Gasteiger partial charge on any atom is -0.376 e. The van der Waals surface area contributed by atoms with E-state index in [2.05, 4.69) is 17.5 Å². The van der Waals surface area contributed by atoms with Crippen molar-refractivity contribution in [2.45, 2.75) is 0 Å². The molecule has 0 heterocycles. The van der Waals surface area contributed by atoms with Gasteiger partial charge in [0.15, 0.2) is 5.11 Å². The minimum atomic E-state index is -0.359. The minimum absolute atomic E-state index is 0.0197. The number of hydrogen-bond donors (Lipinski definition) is 4. The number of amides is 1.